The molecular weight excluding hydrogens is 442 g/mol. The van der Waals surface area contributed by atoms with E-state index in [9.17, 15) is 9.90 Å². The zero-order valence-electron chi connectivity index (χ0n) is 17.2. The molecule has 0 radical (unpaired) electrons. The molecule has 2 aromatic heterocycles. The number of alkyl halides is 1. The molecule has 0 aliphatic heterocycles. The van der Waals surface area contributed by atoms with Crippen molar-refractivity contribution in [1.29, 1.82) is 0 Å². The fourth-order valence-electron chi connectivity index (χ4n) is 4.38. The molecule has 32 heavy (non-hydrogen) atoms. The van der Waals surface area contributed by atoms with Gasteiger partial charge in [0.1, 0.15) is 0 Å². The summed E-state index contributed by atoms with van der Waals surface area (Å²) in [7, 11) is 0. The quantitative estimate of drug-likeness (QED) is 0.273. The van der Waals surface area contributed by atoms with E-state index in [0.717, 1.165) is 34.0 Å². The Labute approximate surface area is 194 Å². The van der Waals surface area contributed by atoms with Gasteiger partial charge < -0.3 is 21.1 Å². The van der Waals surface area contributed by atoms with Crippen LogP contribution in [-0.2, 0) is 24.2 Å². The number of anilines is 2. The van der Waals surface area contributed by atoms with Crippen molar-refractivity contribution in [2.24, 2.45) is 0 Å². The number of nitrogens with two attached hydrogens (primary N) is 2. The molecule has 1 atom stereocenters. The van der Waals surface area contributed by atoms with Gasteiger partial charge in [-0.2, -0.15) is 0 Å². The molecule has 2 aromatic carbocycles. The van der Waals surface area contributed by atoms with Crippen LogP contribution >= 0.6 is 22.9 Å². The second-order valence-electron chi connectivity index (χ2n) is 8.15. The maximum atomic E-state index is 11.5. The Morgan fingerprint density at radius 2 is 1.91 bits per heavy atom. The smallest absolute Gasteiger partial charge is 0.307 e. The summed E-state index contributed by atoms with van der Waals surface area (Å²) in [6.45, 7) is 0.655. The Bertz CT molecular complexity index is 1370. The monoisotopic (exact) mass is 463 g/mol. The average Bonchev–Trinajstić information content (AvgIpc) is 3.28. The summed E-state index contributed by atoms with van der Waals surface area (Å²) in [5.41, 5.74) is 19.3. The lowest BCUT2D eigenvalue weighted by atomic mass is 10.0. The molecule has 5 N–H and O–H groups in total. The van der Waals surface area contributed by atoms with Crippen LogP contribution in [0.25, 0.3) is 28.1 Å². The van der Waals surface area contributed by atoms with Crippen LogP contribution in [0.15, 0.2) is 54.1 Å². The number of nitrogens with zero attached hydrogens (tertiary/aromatic N) is 1. The molecule has 4 aromatic rings. The van der Waals surface area contributed by atoms with Gasteiger partial charge in [0.25, 0.3) is 0 Å². The lowest BCUT2D eigenvalue weighted by Gasteiger charge is -2.12. The number of thiophene rings is 1. The Balaban J connectivity index is 1.61. The minimum atomic E-state index is -0.847. The molecule has 0 saturated heterocycles. The molecular formula is C25H22ClN3O2S. The van der Waals surface area contributed by atoms with Crippen LogP contribution in [0.3, 0.4) is 0 Å². The van der Waals surface area contributed by atoms with Gasteiger partial charge in [-0.1, -0.05) is 24.3 Å². The fourth-order valence-corrected chi connectivity index (χ4v) is 5.79. The molecule has 162 valence electrons. The number of benzene rings is 2. The van der Waals surface area contributed by atoms with Gasteiger partial charge in [-0.05, 0) is 57.5 Å². The number of hydrogen-bond acceptors (Lipinski definition) is 4. The van der Waals surface area contributed by atoms with E-state index < -0.39 is 5.97 Å². The summed E-state index contributed by atoms with van der Waals surface area (Å²) in [5, 5.41) is 12.6. The number of rotatable bonds is 5. The maximum Gasteiger partial charge on any atom is 0.307 e. The number of allylic oxidation sites excluding steroid dienone is 1. The Hall–Kier alpha value is -3.22. The van der Waals surface area contributed by atoms with Gasteiger partial charge in [-0.3, -0.25) is 4.79 Å². The van der Waals surface area contributed by atoms with E-state index in [2.05, 4.69) is 22.1 Å². The predicted molar refractivity (Wildman–Crippen MR) is 133 cm³/mol. The van der Waals surface area contributed by atoms with Crippen LogP contribution in [0.4, 0.5) is 11.4 Å². The molecule has 1 unspecified atom stereocenters. The second-order valence-corrected chi connectivity index (χ2v) is 9.67. The number of fused-ring (bicyclic) bond motifs is 2. The summed E-state index contributed by atoms with van der Waals surface area (Å²) in [5.74, 6) is -0.847. The highest BCUT2D eigenvalue weighted by molar-refractivity contribution is 7.10. The zero-order valence-corrected chi connectivity index (χ0v) is 18.8. The number of halogens is 1. The van der Waals surface area contributed by atoms with Crippen LogP contribution in [-0.4, -0.2) is 21.0 Å². The largest absolute Gasteiger partial charge is 0.481 e. The van der Waals surface area contributed by atoms with E-state index in [1.54, 1.807) is 17.4 Å². The number of carbonyl (C=O) groups is 1. The van der Waals surface area contributed by atoms with Gasteiger partial charge in [-0.15, -0.1) is 22.9 Å². The normalized spacial score (nSPS) is 15.2. The lowest BCUT2D eigenvalue weighted by Crippen LogP contribution is -2.05. The highest BCUT2D eigenvalue weighted by atomic mass is 35.5. The van der Waals surface area contributed by atoms with Crippen molar-refractivity contribution in [3.8, 4) is 11.1 Å². The van der Waals surface area contributed by atoms with Crippen LogP contribution in [0, 0.1) is 0 Å². The van der Waals surface area contributed by atoms with Gasteiger partial charge in [0.2, 0.25) is 0 Å². The van der Waals surface area contributed by atoms with E-state index in [4.69, 9.17) is 23.1 Å². The average molecular weight is 464 g/mol. The third-order valence-electron chi connectivity index (χ3n) is 5.80. The van der Waals surface area contributed by atoms with Gasteiger partial charge >= 0.3 is 5.97 Å². The predicted octanol–water partition coefficient (Wildman–Crippen LogP) is 5.39. The highest BCUT2D eigenvalue weighted by Crippen LogP contribution is 2.34. The summed E-state index contributed by atoms with van der Waals surface area (Å²) < 4.78 is 2.13. The number of aromatic nitrogens is 1. The standard InChI is InChI=1S/C25H22ClN3O2S/c26-18-2-4-22-17(13-32-24(22)9-18)12-29-11-16(8-25(30)31)21-3-1-14(7-23(21)29)15-5-19(27)10-20(28)6-15/h1-7,10-11,13,18H,8-9,12,27-28H2,(H,30,31). The molecule has 7 heteroatoms. The highest BCUT2D eigenvalue weighted by Gasteiger charge is 2.19. The molecule has 2 heterocycles. The summed E-state index contributed by atoms with van der Waals surface area (Å²) in [4.78, 5) is 12.8. The van der Waals surface area contributed by atoms with E-state index in [0.29, 0.717) is 17.9 Å². The van der Waals surface area contributed by atoms with Crippen molar-refractivity contribution in [1.82, 2.24) is 4.57 Å². The van der Waals surface area contributed by atoms with Crippen LogP contribution in [0.1, 0.15) is 21.6 Å². The molecule has 0 fully saturated rings. The first-order chi connectivity index (χ1) is 15.4. The third-order valence-corrected chi connectivity index (χ3v) is 7.17. The molecule has 1 aliphatic carbocycles. The molecule has 0 saturated carbocycles. The van der Waals surface area contributed by atoms with Crippen molar-refractivity contribution in [3.05, 3.63) is 75.6 Å². The number of carboxylic acids is 1. The number of aliphatic carboxylic acids is 1. The summed E-state index contributed by atoms with van der Waals surface area (Å²) in [6, 6.07) is 11.6. The van der Waals surface area contributed by atoms with Crippen molar-refractivity contribution >= 4 is 57.3 Å². The molecule has 0 amide bonds. The van der Waals surface area contributed by atoms with Gasteiger partial charge in [0, 0.05) is 46.3 Å². The van der Waals surface area contributed by atoms with Crippen LogP contribution < -0.4 is 11.5 Å². The van der Waals surface area contributed by atoms with E-state index in [1.807, 2.05) is 36.5 Å². The van der Waals surface area contributed by atoms with E-state index in [-0.39, 0.29) is 11.8 Å². The van der Waals surface area contributed by atoms with Crippen molar-refractivity contribution < 1.29 is 9.90 Å². The van der Waals surface area contributed by atoms with Crippen molar-refractivity contribution in [2.75, 3.05) is 11.5 Å². The fraction of sp³-hybridized carbons (Fsp3) is 0.160. The third kappa shape index (κ3) is 3.87. The topological polar surface area (TPSA) is 94.3 Å². The number of hydrogen-bond donors (Lipinski definition) is 3. The van der Waals surface area contributed by atoms with Crippen LogP contribution in [0.5, 0.6) is 0 Å². The maximum absolute atomic E-state index is 11.5. The van der Waals surface area contributed by atoms with Gasteiger partial charge in [0.05, 0.1) is 11.8 Å². The first-order valence-electron chi connectivity index (χ1n) is 10.3. The summed E-state index contributed by atoms with van der Waals surface area (Å²) in [6.07, 6.45) is 6.91. The van der Waals surface area contributed by atoms with Gasteiger partial charge in [-0.25, -0.2) is 0 Å². The van der Waals surface area contributed by atoms with Gasteiger partial charge in [0.15, 0.2) is 0 Å². The Kier molecular flexibility index (Phi) is 5.19. The zero-order chi connectivity index (χ0) is 22.4. The van der Waals surface area contributed by atoms with Crippen molar-refractivity contribution in [2.45, 2.75) is 24.8 Å². The van der Waals surface area contributed by atoms with Crippen LogP contribution in [0.2, 0.25) is 0 Å². The number of carboxylic acid groups (broad SMARTS) is 1. The first kappa shape index (κ1) is 20.7. The first-order valence-corrected chi connectivity index (χ1v) is 11.6. The van der Waals surface area contributed by atoms with Crippen molar-refractivity contribution in [3.63, 3.8) is 0 Å². The Morgan fingerprint density at radius 3 is 2.66 bits per heavy atom. The molecule has 1 aliphatic rings. The minimum absolute atomic E-state index is 0.0242. The number of nitrogen functional groups attached to an aromatic ring is 2. The molecule has 5 rings (SSSR count). The molecule has 0 spiro atoms. The van der Waals surface area contributed by atoms with E-state index in [1.165, 1.54) is 16.0 Å². The molecule has 0 bridgehead atoms. The molecule has 5 nitrogen and oxygen atoms in total. The minimum Gasteiger partial charge on any atom is -0.481 e. The lowest BCUT2D eigenvalue weighted by molar-refractivity contribution is -0.136. The second kappa shape index (κ2) is 8.04. The Morgan fingerprint density at radius 1 is 1.12 bits per heavy atom. The SMILES string of the molecule is Nc1cc(N)cc(-c2ccc3c(CC(=O)O)cn(Cc4csc5c4C=CC(Cl)C5)c3c2)c1. The summed E-state index contributed by atoms with van der Waals surface area (Å²) >= 11 is 8.01. The van der Waals surface area contributed by atoms with E-state index >= 15 is 0 Å².